The summed E-state index contributed by atoms with van der Waals surface area (Å²) in [5.74, 6) is 0. The highest BCUT2D eigenvalue weighted by Gasteiger charge is 2.22. The van der Waals surface area contributed by atoms with Gasteiger partial charge < -0.3 is 10.8 Å². The summed E-state index contributed by atoms with van der Waals surface area (Å²) < 4.78 is 0. The number of piperazine rings is 1. The second-order valence-electron chi connectivity index (χ2n) is 4.86. The van der Waals surface area contributed by atoms with E-state index in [1.807, 2.05) is 6.92 Å². The van der Waals surface area contributed by atoms with Crippen LogP contribution >= 0.6 is 0 Å². The number of hydrogen-bond donors (Lipinski definition) is 2. The average Bonchev–Trinajstić information content (AvgIpc) is 2.26. The predicted octanol–water partition coefficient (Wildman–Crippen LogP) is 0.112. The van der Waals surface area contributed by atoms with Crippen LogP contribution < -0.4 is 5.73 Å². The molecule has 3 N–H and O–H groups in total. The summed E-state index contributed by atoms with van der Waals surface area (Å²) >= 11 is 0. The molecule has 0 aromatic carbocycles. The summed E-state index contributed by atoms with van der Waals surface area (Å²) in [4.78, 5) is 4.84. The van der Waals surface area contributed by atoms with Crippen molar-refractivity contribution < 1.29 is 5.11 Å². The van der Waals surface area contributed by atoms with Crippen molar-refractivity contribution in [2.45, 2.75) is 38.8 Å². The molecule has 0 spiro atoms. The van der Waals surface area contributed by atoms with E-state index in [-0.39, 0.29) is 6.10 Å². The van der Waals surface area contributed by atoms with Gasteiger partial charge in [0.2, 0.25) is 0 Å². The molecule has 1 aliphatic heterocycles. The van der Waals surface area contributed by atoms with Crippen LogP contribution in [0, 0.1) is 0 Å². The standard InChI is InChI=1S/C12H27N3O/c1-3-4-12(9-13)15-7-5-14(6-8-15)10-11(2)16/h11-12,16H,3-10,13H2,1-2H3. The van der Waals surface area contributed by atoms with E-state index in [4.69, 9.17) is 5.73 Å². The second kappa shape index (κ2) is 7.22. The molecule has 0 bridgehead atoms. The summed E-state index contributed by atoms with van der Waals surface area (Å²) in [6.45, 7) is 9.94. The molecule has 0 aromatic rings. The molecule has 1 saturated heterocycles. The van der Waals surface area contributed by atoms with Crippen molar-refractivity contribution in [3.63, 3.8) is 0 Å². The van der Waals surface area contributed by atoms with Gasteiger partial charge in [0.1, 0.15) is 0 Å². The molecule has 0 radical (unpaired) electrons. The lowest BCUT2D eigenvalue weighted by molar-refractivity contribution is 0.0616. The van der Waals surface area contributed by atoms with Crippen molar-refractivity contribution in [3.05, 3.63) is 0 Å². The molecule has 0 amide bonds. The van der Waals surface area contributed by atoms with Gasteiger partial charge in [-0.2, -0.15) is 0 Å². The third-order valence-corrected chi connectivity index (χ3v) is 3.34. The Labute approximate surface area is 99.4 Å². The van der Waals surface area contributed by atoms with Crippen molar-refractivity contribution in [1.82, 2.24) is 9.80 Å². The van der Waals surface area contributed by atoms with Crippen LogP contribution in [-0.4, -0.2) is 66.3 Å². The molecule has 4 nitrogen and oxygen atoms in total. The Kier molecular flexibility index (Phi) is 6.28. The monoisotopic (exact) mass is 229 g/mol. The first-order valence-corrected chi connectivity index (χ1v) is 6.51. The molecule has 1 rings (SSSR count). The molecule has 1 heterocycles. The van der Waals surface area contributed by atoms with E-state index in [0.717, 1.165) is 39.3 Å². The van der Waals surface area contributed by atoms with Gasteiger partial charge in [-0.3, -0.25) is 9.80 Å². The van der Waals surface area contributed by atoms with Crippen LogP contribution in [-0.2, 0) is 0 Å². The highest BCUT2D eigenvalue weighted by atomic mass is 16.3. The maximum Gasteiger partial charge on any atom is 0.0639 e. The Morgan fingerprint density at radius 1 is 1.25 bits per heavy atom. The Hall–Kier alpha value is -0.160. The number of hydrogen-bond acceptors (Lipinski definition) is 4. The lowest BCUT2D eigenvalue weighted by atomic mass is 10.1. The van der Waals surface area contributed by atoms with Crippen LogP contribution in [0.2, 0.25) is 0 Å². The van der Waals surface area contributed by atoms with Gasteiger partial charge in [-0.15, -0.1) is 0 Å². The zero-order valence-electron chi connectivity index (χ0n) is 10.7. The molecule has 0 saturated carbocycles. The SMILES string of the molecule is CCCC(CN)N1CCN(CC(C)O)CC1. The predicted molar refractivity (Wildman–Crippen MR) is 67.4 cm³/mol. The van der Waals surface area contributed by atoms with E-state index < -0.39 is 0 Å². The Balaban J connectivity index is 2.29. The van der Waals surface area contributed by atoms with Gasteiger partial charge in [0.15, 0.2) is 0 Å². The minimum absolute atomic E-state index is 0.215. The number of nitrogens with two attached hydrogens (primary N) is 1. The van der Waals surface area contributed by atoms with Crippen molar-refractivity contribution in [2.24, 2.45) is 5.73 Å². The molecule has 16 heavy (non-hydrogen) atoms. The van der Waals surface area contributed by atoms with E-state index in [1.54, 1.807) is 0 Å². The van der Waals surface area contributed by atoms with Crippen molar-refractivity contribution in [1.29, 1.82) is 0 Å². The number of aliphatic hydroxyl groups excluding tert-OH is 1. The van der Waals surface area contributed by atoms with Crippen molar-refractivity contribution in [2.75, 3.05) is 39.3 Å². The minimum Gasteiger partial charge on any atom is -0.392 e. The molecular weight excluding hydrogens is 202 g/mol. The fourth-order valence-electron chi connectivity index (χ4n) is 2.47. The van der Waals surface area contributed by atoms with Gasteiger partial charge in [0, 0.05) is 45.3 Å². The average molecular weight is 229 g/mol. The highest BCUT2D eigenvalue weighted by molar-refractivity contribution is 4.79. The van der Waals surface area contributed by atoms with Gasteiger partial charge in [-0.25, -0.2) is 0 Å². The molecule has 1 fully saturated rings. The van der Waals surface area contributed by atoms with E-state index in [1.165, 1.54) is 12.8 Å². The molecule has 1 aliphatic rings. The fourth-order valence-corrected chi connectivity index (χ4v) is 2.47. The Morgan fingerprint density at radius 3 is 2.31 bits per heavy atom. The maximum absolute atomic E-state index is 9.33. The highest BCUT2D eigenvalue weighted by Crippen LogP contribution is 2.10. The number of aliphatic hydroxyl groups is 1. The summed E-state index contributed by atoms with van der Waals surface area (Å²) in [5, 5.41) is 9.33. The first kappa shape index (κ1) is 13.9. The summed E-state index contributed by atoms with van der Waals surface area (Å²) in [6.07, 6.45) is 2.19. The summed E-state index contributed by atoms with van der Waals surface area (Å²) in [6, 6.07) is 0.554. The fraction of sp³-hybridized carbons (Fsp3) is 1.00. The number of β-amino-alcohol motifs (C(OH)–C–C–N with tert-alkyl or cyclic N) is 1. The summed E-state index contributed by atoms with van der Waals surface area (Å²) in [5.41, 5.74) is 5.81. The number of rotatable bonds is 6. The molecular formula is C12H27N3O. The zero-order valence-corrected chi connectivity index (χ0v) is 10.7. The van der Waals surface area contributed by atoms with E-state index in [9.17, 15) is 5.11 Å². The third kappa shape index (κ3) is 4.37. The molecule has 0 aliphatic carbocycles. The van der Waals surface area contributed by atoms with Crippen molar-refractivity contribution >= 4 is 0 Å². The normalized spacial score (nSPS) is 23.2. The molecule has 2 unspecified atom stereocenters. The van der Waals surface area contributed by atoms with Crippen LogP contribution in [0.4, 0.5) is 0 Å². The third-order valence-electron chi connectivity index (χ3n) is 3.34. The largest absolute Gasteiger partial charge is 0.392 e. The van der Waals surface area contributed by atoms with Gasteiger partial charge in [0.05, 0.1) is 6.10 Å². The first-order valence-electron chi connectivity index (χ1n) is 6.51. The molecule has 96 valence electrons. The van der Waals surface area contributed by atoms with Crippen LogP contribution in [0.1, 0.15) is 26.7 Å². The minimum atomic E-state index is -0.215. The number of nitrogens with zero attached hydrogens (tertiary/aromatic N) is 2. The van der Waals surface area contributed by atoms with Crippen LogP contribution in [0.5, 0.6) is 0 Å². The van der Waals surface area contributed by atoms with Gasteiger partial charge >= 0.3 is 0 Å². The molecule has 0 aromatic heterocycles. The topological polar surface area (TPSA) is 52.7 Å². The lowest BCUT2D eigenvalue weighted by Gasteiger charge is -2.39. The van der Waals surface area contributed by atoms with Crippen LogP contribution in [0.25, 0.3) is 0 Å². The summed E-state index contributed by atoms with van der Waals surface area (Å²) in [7, 11) is 0. The first-order chi connectivity index (χ1) is 7.67. The van der Waals surface area contributed by atoms with Crippen LogP contribution in [0.15, 0.2) is 0 Å². The van der Waals surface area contributed by atoms with Gasteiger partial charge in [-0.05, 0) is 13.3 Å². The van der Waals surface area contributed by atoms with Gasteiger partial charge in [-0.1, -0.05) is 13.3 Å². The molecule has 2 atom stereocenters. The quantitative estimate of drug-likeness (QED) is 0.679. The van der Waals surface area contributed by atoms with Crippen LogP contribution in [0.3, 0.4) is 0 Å². The Bertz CT molecular complexity index is 179. The van der Waals surface area contributed by atoms with Crippen molar-refractivity contribution in [3.8, 4) is 0 Å². The zero-order chi connectivity index (χ0) is 12.0. The maximum atomic E-state index is 9.33. The van der Waals surface area contributed by atoms with E-state index >= 15 is 0 Å². The lowest BCUT2D eigenvalue weighted by Crippen LogP contribution is -2.53. The second-order valence-corrected chi connectivity index (χ2v) is 4.86. The van der Waals surface area contributed by atoms with Gasteiger partial charge in [0.25, 0.3) is 0 Å². The Morgan fingerprint density at radius 2 is 1.88 bits per heavy atom. The van der Waals surface area contributed by atoms with E-state index in [2.05, 4.69) is 16.7 Å². The molecule has 4 heteroatoms. The smallest absolute Gasteiger partial charge is 0.0639 e. The van der Waals surface area contributed by atoms with E-state index in [0.29, 0.717) is 6.04 Å².